The maximum atomic E-state index is 5.42. The SMILES string of the molecule is CC(C)(CN=C(NCCc1ccco1)NCCN1CCOCC1)c1cccs1. The average molecular weight is 405 g/mol. The first-order chi connectivity index (χ1) is 13.6. The minimum absolute atomic E-state index is 0.0218. The molecule has 1 aliphatic heterocycles. The second-order valence-corrected chi connectivity index (χ2v) is 8.61. The van der Waals surface area contributed by atoms with Gasteiger partial charge in [0.2, 0.25) is 0 Å². The summed E-state index contributed by atoms with van der Waals surface area (Å²) < 4.78 is 10.8. The van der Waals surface area contributed by atoms with Crippen molar-refractivity contribution in [3.05, 3.63) is 46.5 Å². The fourth-order valence-electron chi connectivity index (χ4n) is 3.11. The second-order valence-electron chi connectivity index (χ2n) is 7.66. The van der Waals surface area contributed by atoms with Gasteiger partial charge in [0.1, 0.15) is 5.76 Å². The molecule has 0 radical (unpaired) electrons. The number of guanidine groups is 1. The van der Waals surface area contributed by atoms with Crippen molar-refractivity contribution in [2.45, 2.75) is 25.7 Å². The number of furan rings is 1. The number of rotatable bonds is 9. The Labute approximate surface area is 172 Å². The van der Waals surface area contributed by atoms with Gasteiger partial charge >= 0.3 is 0 Å². The van der Waals surface area contributed by atoms with Crippen molar-refractivity contribution in [2.24, 2.45) is 4.99 Å². The molecule has 0 spiro atoms. The Bertz CT molecular complexity index is 692. The Hall–Kier alpha value is -1.83. The van der Waals surface area contributed by atoms with E-state index in [1.165, 1.54) is 4.88 Å². The number of thiophene rings is 1. The van der Waals surface area contributed by atoms with Crippen LogP contribution >= 0.6 is 11.3 Å². The van der Waals surface area contributed by atoms with Crippen molar-refractivity contribution in [1.29, 1.82) is 0 Å². The highest BCUT2D eigenvalue weighted by molar-refractivity contribution is 7.10. The van der Waals surface area contributed by atoms with Crippen LogP contribution < -0.4 is 10.6 Å². The van der Waals surface area contributed by atoms with E-state index in [1.54, 1.807) is 17.6 Å². The van der Waals surface area contributed by atoms with Gasteiger partial charge in [-0.2, -0.15) is 0 Å². The number of nitrogens with one attached hydrogen (secondary N) is 2. The van der Waals surface area contributed by atoms with Crippen LogP contribution in [-0.4, -0.2) is 63.3 Å². The van der Waals surface area contributed by atoms with E-state index in [9.17, 15) is 0 Å². The Morgan fingerprint density at radius 3 is 2.71 bits per heavy atom. The van der Waals surface area contributed by atoms with Crippen molar-refractivity contribution in [2.75, 3.05) is 52.5 Å². The normalized spacial score (nSPS) is 16.3. The molecule has 0 aromatic carbocycles. The average Bonchev–Trinajstić information content (AvgIpc) is 3.41. The highest BCUT2D eigenvalue weighted by atomic mass is 32.1. The minimum Gasteiger partial charge on any atom is -0.469 e. The number of nitrogens with zero attached hydrogens (tertiary/aromatic N) is 2. The molecule has 2 N–H and O–H groups in total. The number of aliphatic imine (C=N–C) groups is 1. The quantitative estimate of drug-likeness (QED) is 0.497. The van der Waals surface area contributed by atoms with Gasteiger partial charge in [0.25, 0.3) is 0 Å². The molecule has 0 bridgehead atoms. The van der Waals surface area contributed by atoms with Gasteiger partial charge in [0.15, 0.2) is 5.96 Å². The van der Waals surface area contributed by atoms with Gasteiger partial charge in [-0.1, -0.05) is 19.9 Å². The Kier molecular flexibility index (Phi) is 7.94. The van der Waals surface area contributed by atoms with Crippen molar-refractivity contribution >= 4 is 17.3 Å². The molecule has 154 valence electrons. The molecular weight excluding hydrogens is 372 g/mol. The molecule has 7 heteroatoms. The van der Waals surface area contributed by atoms with Crippen LogP contribution in [0.15, 0.2) is 45.3 Å². The molecule has 2 aromatic rings. The molecule has 3 heterocycles. The van der Waals surface area contributed by atoms with Crippen LogP contribution in [0.4, 0.5) is 0 Å². The van der Waals surface area contributed by atoms with Gasteiger partial charge in [-0.15, -0.1) is 11.3 Å². The van der Waals surface area contributed by atoms with Crippen LogP contribution in [0.2, 0.25) is 0 Å². The van der Waals surface area contributed by atoms with Gasteiger partial charge in [0.05, 0.1) is 26.0 Å². The molecule has 1 aliphatic rings. The highest BCUT2D eigenvalue weighted by Gasteiger charge is 2.21. The van der Waals surface area contributed by atoms with Crippen LogP contribution in [0.5, 0.6) is 0 Å². The first-order valence-corrected chi connectivity index (χ1v) is 10.9. The molecule has 2 aromatic heterocycles. The Balaban J connectivity index is 1.52. The lowest BCUT2D eigenvalue weighted by Gasteiger charge is -2.27. The summed E-state index contributed by atoms with van der Waals surface area (Å²) in [5.74, 6) is 1.85. The van der Waals surface area contributed by atoms with E-state index in [1.807, 2.05) is 12.1 Å². The molecule has 0 aliphatic carbocycles. The lowest BCUT2D eigenvalue weighted by Crippen LogP contribution is -2.45. The number of hydrogen-bond donors (Lipinski definition) is 2. The van der Waals surface area contributed by atoms with Crippen molar-refractivity contribution in [3.63, 3.8) is 0 Å². The van der Waals surface area contributed by atoms with E-state index in [2.05, 4.69) is 46.9 Å². The Morgan fingerprint density at radius 1 is 1.18 bits per heavy atom. The smallest absolute Gasteiger partial charge is 0.191 e. The van der Waals surface area contributed by atoms with Crippen LogP contribution in [0.1, 0.15) is 24.5 Å². The van der Waals surface area contributed by atoms with E-state index in [4.69, 9.17) is 14.1 Å². The van der Waals surface area contributed by atoms with Crippen LogP contribution in [0.25, 0.3) is 0 Å². The number of hydrogen-bond acceptors (Lipinski definition) is 5. The van der Waals surface area contributed by atoms with Crippen LogP contribution in [0.3, 0.4) is 0 Å². The molecule has 0 amide bonds. The van der Waals surface area contributed by atoms with Gasteiger partial charge < -0.3 is 19.8 Å². The second kappa shape index (κ2) is 10.6. The summed E-state index contributed by atoms with van der Waals surface area (Å²) >= 11 is 1.79. The molecule has 1 fully saturated rings. The maximum absolute atomic E-state index is 5.42. The summed E-state index contributed by atoms with van der Waals surface area (Å²) in [5, 5.41) is 9.08. The zero-order chi connectivity index (χ0) is 19.7. The predicted octanol–water partition coefficient (Wildman–Crippen LogP) is 2.73. The monoisotopic (exact) mass is 404 g/mol. The van der Waals surface area contributed by atoms with Crippen molar-refractivity contribution in [1.82, 2.24) is 15.5 Å². The third-order valence-corrected chi connectivity index (χ3v) is 6.12. The fourth-order valence-corrected chi connectivity index (χ4v) is 3.95. The van der Waals surface area contributed by atoms with Gasteiger partial charge in [-0.05, 0) is 23.6 Å². The minimum atomic E-state index is 0.0218. The third-order valence-electron chi connectivity index (χ3n) is 4.89. The van der Waals surface area contributed by atoms with E-state index in [0.29, 0.717) is 0 Å². The van der Waals surface area contributed by atoms with Crippen LogP contribution in [0, 0.1) is 0 Å². The molecular formula is C21H32N4O2S. The van der Waals surface area contributed by atoms with E-state index in [-0.39, 0.29) is 5.41 Å². The first-order valence-electron chi connectivity index (χ1n) is 10.0. The summed E-state index contributed by atoms with van der Waals surface area (Å²) in [6.07, 6.45) is 2.56. The number of morpholine rings is 1. The van der Waals surface area contributed by atoms with E-state index >= 15 is 0 Å². The molecule has 0 saturated carbocycles. The molecule has 0 atom stereocenters. The third kappa shape index (κ3) is 6.65. The highest BCUT2D eigenvalue weighted by Crippen LogP contribution is 2.27. The predicted molar refractivity (Wildman–Crippen MR) is 115 cm³/mol. The number of ether oxygens (including phenoxy) is 1. The van der Waals surface area contributed by atoms with E-state index in [0.717, 1.165) is 70.6 Å². The Morgan fingerprint density at radius 2 is 2.00 bits per heavy atom. The molecule has 28 heavy (non-hydrogen) atoms. The van der Waals surface area contributed by atoms with Crippen molar-refractivity contribution in [3.8, 4) is 0 Å². The summed E-state index contributed by atoms with van der Waals surface area (Å²) in [6.45, 7) is 11.6. The molecule has 6 nitrogen and oxygen atoms in total. The van der Waals surface area contributed by atoms with E-state index < -0.39 is 0 Å². The summed E-state index contributed by atoms with van der Waals surface area (Å²) in [4.78, 5) is 8.66. The summed E-state index contributed by atoms with van der Waals surface area (Å²) in [5.41, 5.74) is 0.0218. The van der Waals surface area contributed by atoms with Gasteiger partial charge in [0, 0.05) is 49.4 Å². The first kappa shape index (κ1) is 20.9. The fraction of sp³-hybridized carbons (Fsp3) is 0.571. The van der Waals surface area contributed by atoms with Crippen molar-refractivity contribution < 1.29 is 9.15 Å². The lowest BCUT2D eigenvalue weighted by atomic mass is 9.92. The molecule has 3 rings (SSSR count). The molecule has 1 saturated heterocycles. The zero-order valence-corrected chi connectivity index (χ0v) is 17.8. The van der Waals surface area contributed by atoms with Crippen LogP contribution in [-0.2, 0) is 16.6 Å². The largest absolute Gasteiger partial charge is 0.469 e. The lowest BCUT2D eigenvalue weighted by molar-refractivity contribution is 0.0389. The standard InChI is InChI=1S/C21H32N4O2S/c1-21(2,19-6-4-16-28-19)17-24-20(22-8-7-18-5-3-13-27-18)23-9-10-25-11-14-26-15-12-25/h3-6,13,16H,7-12,14-15,17H2,1-2H3,(H2,22,23,24). The summed E-state index contributed by atoms with van der Waals surface area (Å²) in [7, 11) is 0. The maximum Gasteiger partial charge on any atom is 0.191 e. The van der Waals surface area contributed by atoms with Gasteiger partial charge in [-0.25, -0.2) is 0 Å². The van der Waals surface area contributed by atoms with Gasteiger partial charge in [-0.3, -0.25) is 9.89 Å². The molecule has 0 unspecified atom stereocenters. The topological polar surface area (TPSA) is 62.0 Å². The summed E-state index contributed by atoms with van der Waals surface area (Å²) in [6, 6.07) is 8.23. The zero-order valence-electron chi connectivity index (χ0n) is 16.9.